The molecule has 1 fully saturated rings. The van der Waals surface area contributed by atoms with Crippen LogP contribution in [-0.4, -0.2) is 54.7 Å². The molecule has 28 heavy (non-hydrogen) atoms. The van der Waals surface area contributed by atoms with E-state index in [-0.39, 0.29) is 12.0 Å². The third kappa shape index (κ3) is 5.00. The number of anilines is 1. The van der Waals surface area contributed by atoms with Gasteiger partial charge in [0.15, 0.2) is 0 Å². The Bertz CT molecular complexity index is 815. The number of pyridine rings is 1. The molecule has 2 amide bonds. The zero-order chi connectivity index (χ0) is 19.9. The molecule has 1 aromatic carbocycles. The van der Waals surface area contributed by atoms with Crippen LogP contribution in [-0.2, 0) is 11.3 Å². The lowest BCUT2D eigenvalue weighted by molar-refractivity contribution is 0.0950. The van der Waals surface area contributed by atoms with Crippen LogP contribution in [0.15, 0.2) is 42.6 Å². The van der Waals surface area contributed by atoms with Gasteiger partial charge in [0, 0.05) is 44.5 Å². The molecule has 7 heteroatoms. The lowest BCUT2D eigenvalue weighted by Gasteiger charge is -2.34. The summed E-state index contributed by atoms with van der Waals surface area (Å²) < 4.78 is 5.04. The van der Waals surface area contributed by atoms with Gasteiger partial charge in [-0.25, -0.2) is 9.78 Å². The summed E-state index contributed by atoms with van der Waals surface area (Å²) in [6.45, 7) is 7.14. The zero-order valence-electron chi connectivity index (χ0n) is 16.4. The van der Waals surface area contributed by atoms with E-state index in [9.17, 15) is 9.59 Å². The van der Waals surface area contributed by atoms with Crippen LogP contribution in [0.5, 0.6) is 0 Å². The standard InChI is InChI=1S/C21H26N4O3/c1-3-28-21(27)25-12-10-24(11-13-25)19-14-18(8-9-22-19)20(26)23-15-17-6-4-16(2)5-7-17/h4-9,14H,3,10-13,15H2,1-2H3,(H,23,26). The lowest BCUT2D eigenvalue weighted by Crippen LogP contribution is -2.49. The molecule has 1 N–H and O–H groups in total. The molecule has 2 heterocycles. The molecule has 3 rings (SSSR count). The van der Waals surface area contributed by atoms with Gasteiger partial charge in [-0.3, -0.25) is 4.79 Å². The number of hydrogen-bond donors (Lipinski definition) is 1. The highest BCUT2D eigenvalue weighted by molar-refractivity contribution is 5.94. The third-order valence-electron chi connectivity index (χ3n) is 4.71. The highest BCUT2D eigenvalue weighted by Gasteiger charge is 2.23. The minimum Gasteiger partial charge on any atom is -0.450 e. The molecule has 1 aliphatic heterocycles. The molecule has 2 aromatic rings. The van der Waals surface area contributed by atoms with Crippen molar-refractivity contribution >= 4 is 17.8 Å². The number of aryl methyl sites for hydroxylation is 1. The van der Waals surface area contributed by atoms with Crippen molar-refractivity contribution in [1.82, 2.24) is 15.2 Å². The molecule has 0 saturated carbocycles. The maximum absolute atomic E-state index is 12.5. The summed E-state index contributed by atoms with van der Waals surface area (Å²) in [6.07, 6.45) is 1.37. The Morgan fingerprint density at radius 2 is 1.82 bits per heavy atom. The molecular weight excluding hydrogens is 356 g/mol. The molecule has 148 valence electrons. The average Bonchev–Trinajstić information content (AvgIpc) is 2.73. The molecule has 0 atom stereocenters. The van der Waals surface area contributed by atoms with Gasteiger partial charge in [0.05, 0.1) is 6.61 Å². The van der Waals surface area contributed by atoms with E-state index in [0.29, 0.717) is 44.9 Å². The van der Waals surface area contributed by atoms with E-state index < -0.39 is 0 Å². The van der Waals surface area contributed by atoms with Gasteiger partial charge < -0.3 is 19.9 Å². The fourth-order valence-corrected chi connectivity index (χ4v) is 3.06. The van der Waals surface area contributed by atoms with E-state index >= 15 is 0 Å². The highest BCUT2D eigenvalue weighted by Crippen LogP contribution is 2.16. The second-order valence-corrected chi connectivity index (χ2v) is 6.74. The molecular formula is C21H26N4O3. The molecule has 1 saturated heterocycles. The van der Waals surface area contributed by atoms with E-state index in [1.54, 1.807) is 30.2 Å². The van der Waals surface area contributed by atoms with Gasteiger partial charge in [-0.05, 0) is 31.5 Å². The average molecular weight is 382 g/mol. The van der Waals surface area contributed by atoms with Gasteiger partial charge in [0.2, 0.25) is 0 Å². The third-order valence-corrected chi connectivity index (χ3v) is 4.71. The topological polar surface area (TPSA) is 74.8 Å². The van der Waals surface area contributed by atoms with Crippen molar-refractivity contribution in [1.29, 1.82) is 0 Å². The molecule has 1 aliphatic rings. The summed E-state index contributed by atoms with van der Waals surface area (Å²) in [7, 11) is 0. The van der Waals surface area contributed by atoms with Gasteiger partial charge >= 0.3 is 6.09 Å². The number of nitrogens with one attached hydrogen (secondary N) is 1. The van der Waals surface area contributed by atoms with Crippen LogP contribution < -0.4 is 10.2 Å². The maximum Gasteiger partial charge on any atom is 0.409 e. The first-order chi connectivity index (χ1) is 13.6. The summed E-state index contributed by atoms with van der Waals surface area (Å²) in [5.74, 6) is 0.612. The number of ether oxygens (including phenoxy) is 1. The van der Waals surface area contributed by atoms with Crippen LogP contribution in [0.3, 0.4) is 0 Å². The number of amides is 2. The molecule has 7 nitrogen and oxygen atoms in total. The van der Waals surface area contributed by atoms with E-state index in [4.69, 9.17) is 4.74 Å². The zero-order valence-corrected chi connectivity index (χ0v) is 16.4. The number of carbonyl (C=O) groups is 2. The number of benzene rings is 1. The number of carbonyl (C=O) groups excluding carboxylic acids is 2. The summed E-state index contributed by atoms with van der Waals surface area (Å²) in [5.41, 5.74) is 2.82. The number of nitrogens with zero attached hydrogens (tertiary/aromatic N) is 3. The molecule has 0 radical (unpaired) electrons. The Labute approximate surface area is 165 Å². The summed E-state index contributed by atoms with van der Waals surface area (Å²) >= 11 is 0. The quantitative estimate of drug-likeness (QED) is 0.860. The first-order valence-corrected chi connectivity index (χ1v) is 9.53. The van der Waals surface area contributed by atoms with Gasteiger partial charge in [-0.1, -0.05) is 29.8 Å². The minimum atomic E-state index is -0.278. The second-order valence-electron chi connectivity index (χ2n) is 6.74. The maximum atomic E-state index is 12.5. The predicted molar refractivity (Wildman–Crippen MR) is 107 cm³/mol. The monoisotopic (exact) mass is 382 g/mol. The SMILES string of the molecule is CCOC(=O)N1CCN(c2cc(C(=O)NCc3ccc(C)cc3)ccn2)CC1. The van der Waals surface area contributed by atoms with Crippen molar-refractivity contribution in [2.75, 3.05) is 37.7 Å². The Morgan fingerprint density at radius 1 is 1.11 bits per heavy atom. The number of rotatable bonds is 5. The van der Waals surface area contributed by atoms with E-state index in [0.717, 1.165) is 11.4 Å². The van der Waals surface area contributed by atoms with E-state index in [1.165, 1.54) is 5.56 Å². The van der Waals surface area contributed by atoms with Gasteiger partial charge in [-0.15, -0.1) is 0 Å². The van der Waals surface area contributed by atoms with Crippen LogP contribution in [0.25, 0.3) is 0 Å². The van der Waals surface area contributed by atoms with Crippen molar-refractivity contribution in [3.05, 3.63) is 59.3 Å². The molecule has 0 bridgehead atoms. The van der Waals surface area contributed by atoms with Gasteiger partial charge in [-0.2, -0.15) is 0 Å². The second kappa shape index (κ2) is 9.21. The molecule has 0 spiro atoms. The summed E-state index contributed by atoms with van der Waals surface area (Å²) in [5, 5.41) is 2.95. The van der Waals surface area contributed by atoms with Crippen molar-refractivity contribution in [2.24, 2.45) is 0 Å². The lowest BCUT2D eigenvalue weighted by atomic mass is 10.1. The largest absolute Gasteiger partial charge is 0.450 e. The van der Waals surface area contributed by atoms with Crippen LogP contribution in [0, 0.1) is 6.92 Å². The van der Waals surface area contributed by atoms with Crippen molar-refractivity contribution in [3.8, 4) is 0 Å². The number of piperazine rings is 1. The predicted octanol–water partition coefficient (Wildman–Crippen LogP) is 2.60. The van der Waals surface area contributed by atoms with Crippen LogP contribution in [0.4, 0.5) is 10.6 Å². The van der Waals surface area contributed by atoms with Crippen LogP contribution >= 0.6 is 0 Å². The first kappa shape index (κ1) is 19.7. The summed E-state index contributed by atoms with van der Waals surface area (Å²) in [4.78, 5) is 32.5. The van der Waals surface area contributed by atoms with Gasteiger partial charge in [0.1, 0.15) is 5.82 Å². The minimum absolute atomic E-state index is 0.130. The van der Waals surface area contributed by atoms with E-state index in [2.05, 4.69) is 15.2 Å². The van der Waals surface area contributed by atoms with Crippen LogP contribution in [0.1, 0.15) is 28.4 Å². The highest BCUT2D eigenvalue weighted by atomic mass is 16.6. The Balaban J connectivity index is 1.57. The Morgan fingerprint density at radius 3 is 2.50 bits per heavy atom. The summed E-state index contributed by atoms with van der Waals surface area (Å²) in [6, 6.07) is 11.6. The van der Waals surface area contributed by atoms with Crippen molar-refractivity contribution in [2.45, 2.75) is 20.4 Å². The fraction of sp³-hybridized carbons (Fsp3) is 0.381. The van der Waals surface area contributed by atoms with Crippen LogP contribution in [0.2, 0.25) is 0 Å². The fourth-order valence-electron chi connectivity index (χ4n) is 3.06. The number of aromatic nitrogens is 1. The Kier molecular flexibility index (Phi) is 6.47. The van der Waals surface area contributed by atoms with E-state index in [1.807, 2.05) is 31.2 Å². The molecule has 1 aromatic heterocycles. The van der Waals surface area contributed by atoms with Crippen molar-refractivity contribution < 1.29 is 14.3 Å². The number of hydrogen-bond acceptors (Lipinski definition) is 5. The Hall–Kier alpha value is -3.09. The molecule has 0 aliphatic carbocycles. The smallest absolute Gasteiger partial charge is 0.409 e. The van der Waals surface area contributed by atoms with Gasteiger partial charge in [0.25, 0.3) is 5.91 Å². The molecule has 0 unspecified atom stereocenters. The normalized spacial score (nSPS) is 13.9. The first-order valence-electron chi connectivity index (χ1n) is 9.53. The van der Waals surface area contributed by atoms with Crippen molar-refractivity contribution in [3.63, 3.8) is 0 Å².